The normalized spacial score (nSPS) is 10.9. The van der Waals surface area contributed by atoms with Crippen molar-refractivity contribution in [1.82, 2.24) is 19.5 Å². The number of nitrogens with two attached hydrogens (primary N) is 1. The van der Waals surface area contributed by atoms with Crippen LogP contribution in [0.5, 0.6) is 0 Å². The third kappa shape index (κ3) is 1.04. The molecule has 0 aromatic carbocycles. The summed E-state index contributed by atoms with van der Waals surface area (Å²) in [4.78, 5) is 12.3. The summed E-state index contributed by atoms with van der Waals surface area (Å²) in [6.45, 7) is 4.81. The van der Waals surface area contributed by atoms with E-state index in [9.17, 15) is 0 Å². The quantitative estimate of drug-likeness (QED) is 0.697. The van der Waals surface area contributed by atoms with Crippen molar-refractivity contribution in [2.75, 3.05) is 5.73 Å². The van der Waals surface area contributed by atoms with Crippen LogP contribution < -0.4 is 5.73 Å². The Labute approximate surface area is 75.6 Å². The fourth-order valence-corrected chi connectivity index (χ4v) is 1.49. The summed E-state index contributed by atoms with van der Waals surface area (Å²) in [5.41, 5.74) is 7.24. The monoisotopic (exact) mass is 177 g/mol. The second kappa shape index (κ2) is 2.69. The maximum atomic E-state index is 5.73. The lowest BCUT2D eigenvalue weighted by Gasteiger charge is -2.02. The lowest BCUT2D eigenvalue weighted by molar-refractivity contribution is 0.753. The number of aryl methyl sites for hydroxylation is 2. The van der Waals surface area contributed by atoms with Gasteiger partial charge in [-0.15, -0.1) is 0 Å². The van der Waals surface area contributed by atoms with Gasteiger partial charge in [-0.2, -0.15) is 0 Å². The minimum Gasteiger partial charge on any atom is -0.382 e. The third-order valence-electron chi connectivity index (χ3n) is 2.08. The van der Waals surface area contributed by atoms with Crippen molar-refractivity contribution in [1.29, 1.82) is 0 Å². The highest BCUT2D eigenvalue weighted by Gasteiger charge is 2.09. The second-order valence-electron chi connectivity index (χ2n) is 2.83. The third-order valence-corrected chi connectivity index (χ3v) is 2.08. The summed E-state index contributed by atoms with van der Waals surface area (Å²) in [5.74, 6) is 1.41. The number of anilines is 1. The molecule has 0 atom stereocenters. The molecule has 0 amide bonds. The molecule has 2 heterocycles. The van der Waals surface area contributed by atoms with Crippen LogP contribution in [-0.2, 0) is 6.54 Å². The number of rotatable bonds is 1. The Balaban J connectivity index is 2.88. The first-order valence-corrected chi connectivity index (χ1v) is 4.17. The van der Waals surface area contributed by atoms with Gasteiger partial charge in [0.25, 0.3) is 0 Å². The van der Waals surface area contributed by atoms with E-state index in [1.807, 2.05) is 18.4 Å². The lowest BCUT2D eigenvalue weighted by atomic mass is 10.5. The number of fused-ring (bicyclic) bond motifs is 1. The van der Waals surface area contributed by atoms with Gasteiger partial charge in [0.1, 0.15) is 17.7 Å². The van der Waals surface area contributed by atoms with Crippen molar-refractivity contribution < 1.29 is 0 Å². The Morgan fingerprint density at radius 3 is 2.92 bits per heavy atom. The maximum Gasteiger partial charge on any atom is 0.183 e. The van der Waals surface area contributed by atoms with E-state index < -0.39 is 0 Å². The van der Waals surface area contributed by atoms with Crippen molar-refractivity contribution in [3.63, 3.8) is 0 Å². The summed E-state index contributed by atoms with van der Waals surface area (Å²) in [5, 5.41) is 0. The Hall–Kier alpha value is -1.65. The Bertz CT molecular complexity index is 445. The van der Waals surface area contributed by atoms with Gasteiger partial charge in [0.15, 0.2) is 11.5 Å². The molecule has 0 fully saturated rings. The summed E-state index contributed by atoms with van der Waals surface area (Å²) in [6, 6.07) is 0. The first-order chi connectivity index (χ1) is 6.24. The van der Waals surface area contributed by atoms with Crippen LogP contribution in [0.3, 0.4) is 0 Å². The van der Waals surface area contributed by atoms with E-state index in [1.54, 1.807) is 0 Å². The van der Waals surface area contributed by atoms with Crippen LogP contribution in [0.15, 0.2) is 6.33 Å². The van der Waals surface area contributed by atoms with E-state index in [0.717, 1.165) is 17.9 Å². The number of nitrogen functional groups attached to an aromatic ring is 1. The van der Waals surface area contributed by atoms with Gasteiger partial charge in [0.2, 0.25) is 0 Å². The standard InChI is InChI=1S/C8H11N5/c1-3-13-5(2)12-8-6(13)7(9)10-4-11-8/h4H,3H2,1-2H3,(H2,9,10,11). The molecule has 2 N–H and O–H groups in total. The van der Waals surface area contributed by atoms with Crippen molar-refractivity contribution >= 4 is 17.0 Å². The summed E-state index contributed by atoms with van der Waals surface area (Å²) in [6.07, 6.45) is 1.43. The number of nitrogens with zero attached hydrogens (tertiary/aromatic N) is 4. The summed E-state index contributed by atoms with van der Waals surface area (Å²) < 4.78 is 2.00. The Kier molecular flexibility index (Phi) is 1.65. The molecule has 0 spiro atoms. The van der Waals surface area contributed by atoms with Crippen molar-refractivity contribution in [2.45, 2.75) is 20.4 Å². The highest BCUT2D eigenvalue weighted by atomic mass is 15.1. The Morgan fingerprint density at radius 1 is 1.46 bits per heavy atom. The predicted molar refractivity (Wildman–Crippen MR) is 50.1 cm³/mol. The van der Waals surface area contributed by atoms with Crippen LogP contribution in [0, 0.1) is 6.92 Å². The van der Waals surface area contributed by atoms with Gasteiger partial charge in [-0.3, -0.25) is 0 Å². The Morgan fingerprint density at radius 2 is 2.23 bits per heavy atom. The largest absolute Gasteiger partial charge is 0.382 e. The molecule has 0 radical (unpaired) electrons. The topological polar surface area (TPSA) is 69.6 Å². The van der Waals surface area contributed by atoms with Crippen LogP contribution in [0.1, 0.15) is 12.7 Å². The molecular weight excluding hydrogens is 166 g/mol. The zero-order valence-corrected chi connectivity index (χ0v) is 7.65. The molecule has 0 aliphatic rings. The molecule has 5 heteroatoms. The van der Waals surface area contributed by atoms with Crippen LogP contribution in [0.25, 0.3) is 11.2 Å². The smallest absolute Gasteiger partial charge is 0.183 e. The van der Waals surface area contributed by atoms with Gasteiger partial charge >= 0.3 is 0 Å². The van der Waals surface area contributed by atoms with E-state index in [0.29, 0.717) is 11.5 Å². The molecule has 0 bridgehead atoms. The maximum absolute atomic E-state index is 5.73. The highest BCUT2D eigenvalue weighted by molar-refractivity contribution is 5.82. The highest BCUT2D eigenvalue weighted by Crippen LogP contribution is 2.17. The van der Waals surface area contributed by atoms with E-state index in [-0.39, 0.29) is 0 Å². The minimum atomic E-state index is 0.493. The fraction of sp³-hybridized carbons (Fsp3) is 0.375. The molecule has 5 nitrogen and oxygen atoms in total. The number of hydrogen-bond acceptors (Lipinski definition) is 4. The van der Waals surface area contributed by atoms with Crippen LogP contribution >= 0.6 is 0 Å². The molecule has 2 rings (SSSR count). The van der Waals surface area contributed by atoms with E-state index in [1.165, 1.54) is 6.33 Å². The molecule has 2 aromatic rings. The molecule has 0 saturated carbocycles. The molecule has 0 aliphatic heterocycles. The first kappa shape index (κ1) is 7.97. The molecule has 0 aliphatic carbocycles. The lowest BCUT2D eigenvalue weighted by Crippen LogP contribution is -2.00. The van der Waals surface area contributed by atoms with Gasteiger partial charge < -0.3 is 10.3 Å². The fourth-order valence-electron chi connectivity index (χ4n) is 1.49. The number of imidazole rings is 1. The SMILES string of the molecule is CCn1c(C)nc2ncnc(N)c21. The van der Waals surface area contributed by atoms with Gasteiger partial charge in [0.05, 0.1) is 0 Å². The van der Waals surface area contributed by atoms with E-state index in [4.69, 9.17) is 5.73 Å². The molecule has 68 valence electrons. The van der Waals surface area contributed by atoms with E-state index >= 15 is 0 Å². The average Bonchev–Trinajstić information content (AvgIpc) is 2.42. The first-order valence-electron chi connectivity index (χ1n) is 4.17. The number of hydrogen-bond donors (Lipinski definition) is 1. The van der Waals surface area contributed by atoms with Crippen molar-refractivity contribution in [3.8, 4) is 0 Å². The average molecular weight is 177 g/mol. The van der Waals surface area contributed by atoms with Gasteiger partial charge in [0, 0.05) is 6.54 Å². The van der Waals surface area contributed by atoms with Gasteiger partial charge in [-0.1, -0.05) is 0 Å². The summed E-state index contributed by atoms with van der Waals surface area (Å²) >= 11 is 0. The second-order valence-corrected chi connectivity index (χ2v) is 2.83. The van der Waals surface area contributed by atoms with Crippen molar-refractivity contribution in [3.05, 3.63) is 12.2 Å². The van der Waals surface area contributed by atoms with Crippen LogP contribution in [0.4, 0.5) is 5.82 Å². The predicted octanol–water partition coefficient (Wildman–Crippen LogP) is 0.737. The van der Waals surface area contributed by atoms with E-state index in [2.05, 4.69) is 15.0 Å². The minimum absolute atomic E-state index is 0.493. The summed E-state index contributed by atoms with van der Waals surface area (Å²) in [7, 11) is 0. The molecule has 2 aromatic heterocycles. The zero-order chi connectivity index (χ0) is 9.42. The number of aromatic nitrogens is 4. The molecule has 0 saturated heterocycles. The zero-order valence-electron chi connectivity index (χ0n) is 7.65. The molecule has 0 unspecified atom stereocenters. The van der Waals surface area contributed by atoms with Gasteiger partial charge in [-0.05, 0) is 13.8 Å². The van der Waals surface area contributed by atoms with Crippen LogP contribution in [-0.4, -0.2) is 19.5 Å². The van der Waals surface area contributed by atoms with Gasteiger partial charge in [-0.25, -0.2) is 15.0 Å². The van der Waals surface area contributed by atoms with Crippen molar-refractivity contribution in [2.24, 2.45) is 0 Å². The molecular formula is C8H11N5. The van der Waals surface area contributed by atoms with Crippen LogP contribution in [0.2, 0.25) is 0 Å². The molecule has 13 heavy (non-hydrogen) atoms.